The van der Waals surface area contributed by atoms with Gasteiger partial charge in [0.25, 0.3) is 0 Å². The lowest BCUT2D eigenvalue weighted by Gasteiger charge is -2.02. The van der Waals surface area contributed by atoms with Gasteiger partial charge in [0, 0.05) is 14.2 Å². The maximum absolute atomic E-state index is 12.2. The molecule has 0 aliphatic carbocycles. The number of hydrogen-bond donors (Lipinski definition) is 1. The molecule has 100 valence electrons. The molecule has 0 spiro atoms. The molecule has 19 heavy (non-hydrogen) atoms. The first-order valence-electron chi connectivity index (χ1n) is 5.44. The molecule has 0 aliphatic heterocycles. The average Bonchev–Trinajstić information content (AvgIpc) is 2.72. The Balaban J connectivity index is 2.19. The van der Waals surface area contributed by atoms with E-state index in [4.69, 9.17) is 5.11 Å². The highest BCUT2D eigenvalue weighted by atomic mass is 79.9. The van der Waals surface area contributed by atoms with E-state index >= 15 is 0 Å². The van der Waals surface area contributed by atoms with Crippen LogP contribution in [0.4, 0.5) is 0 Å². The van der Waals surface area contributed by atoms with Crippen molar-refractivity contribution in [3.8, 4) is 0 Å². The highest BCUT2D eigenvalue weighted by molar-refractivity contribution is 9.10. The van der Waals surface area contributed by atoms with Gasteiger partial charge in [-0.1, -0.05) is 15.9 Å². The zero-order valence-corrected chi connectivity index (χ0v) is 13.3. The third kappa shape index (κ3) is 3.52. The molecule has 1 unspecified atom stereocenters. The SMILES string of the molecule is Cc1sc(C(=O)O)cc1CS(=O)c1ccc(Br)cc1. The van der Waals surface area contributed by atoms with E-state index < -0.39 is 16.8 Å². The van der Waals surface area contributed by atoms with E-state index in [9.17, 15) is 9.00 Å². The van der Waals surface area contributed by atoms with E-state index in [1.54, 1.807) is 18.2 Å². The molecule has 0 fully saturated rings. The lowest BCUT2D eigenvalue weighted by Crippen LogP contribution is -1.97. The maximum atomic E-state index is 12.2. The summed E-state index contributed by atoms with van der Waals surface area (Å²) in [7, 11) is -1.16. The number of thiophene rings is 1. The van der Waals surface area contributed by atoms with Crippen LogP contribution in [0.5, 0.6) is 0 Å². The van der Waals surface area contributed by atoms with Crippen LogP contribution in [0.3, 0.4) is 0 Å². The van der Waals surface area contributed by atoms with Gasteiger partial charge in [-0.15, -0.1) is 11.3 Å². The second-order valence-corrected chi connectivity index (χ2v) is 7.56. The number of aryl methyl sites for hydroxylation is 1. The van der Waals surface area contributed by atoms with Gasteiger partial charge in [-0.05, 0) is 42.8 Å². The molecule has 0 amide bonds. The van der Waals surface area contributed by atoms with E-state index in [0.717, 1.165) is 19.8 Å². The highest BCUT2D eigenvalue weighted by Crippen LogP contribution is 2.24. The minimum atomic E-state index is -1.16. The molecule has 2 aromatic rings. The van der Waals surface area contributed by atoms with Gasteiger partial charge in [-0.2, -0.15) is 0 Å². The van der Waals surface area contributed by atoms with Gasteiger partial charge in [-0.3, -0.25) is 4.21 Å². The molecule has 1 atom stereocenters. The average molecular weight is 359 g/mol. The number of benzene rings is 1. The van der Waals surface area contributed by atoms with Crippen molar-refractivity contribution >= 4 is 44.0 Å². The molecule has 1 N–H and O–H groups in total. The Bertz CT molecular complexity index is 632. The molecule has 1 aromatic carbocycles. The Morgan fingerprint density at radius 1 is 1.37 bits per heavy atom. The molecule has 6 heteroatoms. The Labute approximate surface area is 125 Å². The maximum Gasteiger partial charge on any atom is 0.345 e. The lowest BCUT2D eigenvalue weighted by molar-refractivity contribution is 0.0702. The molecule has 1 aromatic heterocycles. The molecule has 0 saturated carbocycles. The van der Waals surface area contributed by atoms with Crippen LogP contribution in [0.15, 0.2) is 39.7 Å². The van der Waals surface area contributed by atoms with E-state index in [2.05, 4.69) is 15.9 Å². The summed E-state index contributed by atoms with van der Waals surface area (Å²) in [4.78, 5) is 12.8. The summed E-state index contributed by atoms with van der Waals surface area (Å²) < 4.78 is 13.1. The fourth-order valence-electron chi connectivity index (χ4n) is 1.58. The van der Waals surface area contributed by atoms with Crippen LogP contribution in [-0.4, -0.2) is 15.3 Å². The normalized spacial score (nSPS) is 12.3. The van der Waals surface area contributed by atoms with Crippen molar-refractivity contribution in [1.29, 1.82) is 0 Å². The number of carboxylic acid groups (broad SMARTS) is 1. The van der Waals surface area contributed by atoms with Gasteiger partial charge in [0.05, 0.1) is 16.6 Å². The summed E-state index contributed by atoms with van der Waals surface area (Å²) in [5, 5.41) is 8.93. The van der Waals surface area contributed by atoms with Crippen LogP contribution in [0.2, 0.25) is 0 Å². The first kappa shape index (κ1) is 14.4. The summed E-state index contributed by atoms with van der Waals surface area (Å²) in [6, 6.07) is 8.91. The highest BCUT2D eigenvalue weighted by Gasteiger charge is 2.14. The molecular formula is C13H11BrO3S2. The number of halogens is 1. The number of rotatable bonds is 4. The number of carboxylic acids is 1. The summed E-state index contributed by atoms with van der Waals surface area (Å²) in [6.07, 6.45) is 0. The van der Waals surface area contributed by atoms with E-state index in [-0.39, 0.29) is 0 Å². The molecule has 3 nitrogen and oxygen atoms in total. The molecule has 0 radical (unpaired) electrons. The van der Waals surface area contributed by atoms with Crippen molar-refractivity contribution in [1.82, 2.24) is 0 Å². The first-order chi connectivity index (χ1) is 8.97. The molecule has 0 bridgehead atoms. The van der Waals surface area contributed by atoms with Crippen LogP contribution >= 0.6 is 27.3 Å². The van der Waals surface area contributed by atoms with Crippen LogP contribution in [0.1, 0.15) is 20.1 Å². The molecule has 1 heterocycles. The molecule has 0 aliphatic rings. The topological polar surface area (TPSA) is 54.4 Å². The van der Waals surface area contributed by atoms with Gasteiger partial charge in [0.15, 0.2) is 0 Å². The quantitative estimate of drug-likeness (QED) is 0.903. The third-order valence-electron chi connectivity index (χ3n) is 2.59. The Morgan fingerprint density at radius 2 is 2.00 bits per heavy atom. The van der Waals surface area contributed by atoms with Crippen molar-refractivity contribution in [2.24, 2.45) is 0 Å². The number of aromatic carboxylic acids is 1. The zero-order valence-electron chi connectivity index (χ0n) is 10.1. The standard InChI is InChI=1S/C13H11BrO3S2/c1-8-9(6-12(18-8)13(15)16)7-19(17)11-4-2-10(14)3-5-11/h2-6H,7H2,1H3,(H,15,16). The van der Waals surface area contributed by atoms with Gasteiger partial charge in [0.1, 0.15) is 4.88 Å². The van der Waals surface area contributed by atoms with Crippen LogP contribution < -0.4 is 0 Å². The molecular weight excluding hydrogens is 348 g/mol. The smallest absolute Gasteiger partial charge is 0.345 e. The molecule has 0 saturated heterocycles. The minimum absolute atomic E-state index is 0.292. The number of carbonyl (C=O) groups is 1. The van der Waals surface area contributed by atoms with Crippen molar-refractivity contribution in [3.05, 3.63) is 50.1 Å². The van der Waals surface area contributed by atoms with Gasteiger partial charge in [-0.25, -0.2) is 4.79 Å². The summed E-state index contributed by atoms with van der Waals surface area (Å²) in [5.41, 5.74) is 0.837. The van der Waals surface area contributed by atoms with Gasteiger partial charge in [0.2, 0.25) is 0 Å². The lowest BCUT2D eigenvalue weighted by atomic mass is 10.3. The second-order valence-electron chi connectivity index (χ2n) is 3.94. The van der Waals surface area contributed by atoms with Crippen molar-refractivity contribution in [2.45, 2.75) is 17.6 Å². The van der Waals surface area contributed by atoms with E-state index in [1.807, 2.05) is 19.1 Å². The van der Waals surface area contributed by atoms with E-state index in [1.165, 1.54) is 11.3 Å². The van der Waals surface area contributed by atoms with Crippen LogP contribution in [0, 0.1) is 6.92 Å². The molecule has 2 rings (SSSR count). The summed E-state index contributed by atoms with van der Waals surface area (Å²) in [6.45, 7) is 1.85. The second kappa shape index (κ2) is 5.98. The summed E-state index contributed by atoms with van der Waals surface area (Å²) in [5.74, 6) is -0.592. The monoisotopic (exact) mass is 358 g/mol. The Morgan fingerprint density at radius 3 is 2.53 bits per heavy atom. The van der Waals surface area contributed by atoms with Crippen molar-refractivity contribution < 1.29 is 14.1 Å². The van der Waals surface area contributed by atoms with Crippen LogP contribution in [0.25, 0.3) is 0 Å². The van der Waals surface area contributed by atoms with Gasteiger partial charge >= 0.3 is 5.97 Å². The fraction of sp³-hybridized carbons (Fsp3) is 0.154. The fourth-order valence-corrected chi connectivity index (χ4v) is 4.00. The van der Waals surface area contributed by atoms with Gasteiger partial charge < -0.3 is 5.11 Å². The van der Waals surface area contributed by atoms with Crippen LogP contribution in [-0.2, 0) is 16.6 Å². The largest absolute Gasteiger partial charge is 0.477 e. The first-order valence-corrected chi connectivity index (χ1v) is 8.37. The predicted molar refractivity (Wildman–Crippen MR) is 80.3 cm³/mol. The van der Waals surface area contributed by atoms with Crippen molar-refractivity contribution in [2.75, 3.05) is 0 Å². The Hall–Kier alpha value is -0.980. The van der Waals surface area contributed by atoms with E-state index in [0.29, 0.717) is 10.6 Å². The Kier molecular flexibility index (Phi) is 4.54. The minimum Gasteiger partial charge on any atom is -0.477 e. The zero-order chi connectivity index (χ0) is 14.0. The number of hydrogen-bond acceptors (Lipinski definition) is 3. The third-order valence-corrected chi connectivity index (χ3v) is 5.58. The predicted octanol–water partition coefficient (Wildman–Crippen LogP) is 3.83. The van der Waals surface area contributed by atoms with Crippen molar-refractivity contribution in [3.63, 3.8) is 0 Å². The summed E-state index contributed by atoms with van der Waals surface area (Å²) >= 11 is 4.55.